The highest BCUT2D eigenvalue weighted by molar-refractivity contribution is 7.85. The van der Waals surface area contributed by atoms with E-state index in [1.807, 2.05) is 152 Å². The molecule has 0 spiro atoms. The number of hydrogen-bond acceptors (Lipinski definition) is 24. The summed E-state index contributed by atoms with van der Waals surface area (Å²) in [6.45, 7) is 10.0. The van der Waals surface area contributed by atoms with Crippen LogP contribution in [0.4, 0.5) is 37.6 Å². The summed E-state index contributed by atoms with van der Waals surface area (Å²) >= 11 is 5.56. The number of rotatable bonds is 24. The minimum Gasteiger partial charge on any atom is -0.508 e. The number of fused-ring (bicyclic) bond motifs is 5. The summed E-state index contributed by atoms with van der Waals surface area (Å²) in [7, 11) is 4.97. The maximum absolute atomic E-state index is 13.2. The number of aromatic hydroxyl groups is 1. The van der Waals surface area contributed by atoms with Crippen LogP contribution in [0.1, 0.15) is 48.6 Å². The van der Waals surface area contributed by atoms with Gasteiger partial charge in [0, 0.05) is 102 Å². The van der Waals surface area contributed by atoms with Crippen molar-refractivity contribution in [2.45, 2.75) is 64.4 Å². The van der Waals surface area contributed by atoms with Crippen molar-refractivity contribution in [2.24, 2.45) is 5.73 Å². The molecule has 0 aliphatic rings. The average molecular weight is 1650 g/mol. The zero-order valence-electron chi connectivity index (χ0n) is 66.2. The van der Waals surface area contributed by atoms with Gasteiger partial charge >= 0.3 is 6.09 Å². The molecule has 26 nitrogen and oxygen atoms in total. The van der Waals surface area contributed by atoms with E-state index < -0.39 is 21.8 Å². The summed E-state index contributed by atoms with van der Waals surface area (Å²) in [6.07, 6.45) is 0.275. The number of aromatic nitrogens is 5. The van der Waals surface area contributed by atoms with Gasteiger partial charge in [0.1, 0.15) is 75.1 Å². The molecule has 614 valence electrons. The third-order valence-electron chi connectivity index (χ3n) is 16.9. The summed E-state index contributed by atoms with van der Waals surface area (Å²) in [5, 5.41) is 15.2. The van der Waals surface area contributed by atoms with Crippen molar-refractivity contribution in [1.82, 2.24) is 30.2 Å². The lowest BCUT2D eigenvalue weighted by atomic mass is 10.2. The number of aryl methyl sites for hydroxylation is 1. The third kappa shape index (κ3) is 26.8. The Morgan fingerprint density at radius 3 is 1.31 bits per heavy atom. The molecule has 30 heteroatoms. The number of benzene rings is 10. The molecule has 0 aliphatic carbocycles. The molecule has 15 aromatic rings. The minimum absolute atomic E-state index is 0.0234. The number of ether oxygens (including phenoxy) is 5. The summed E-state index contributed by atoms with van der Waals surface area (Å²) in [4.78, 5) is 39.2. The van der Waals surface area contributed by atoms with Crippen LogP contribution in [0.2, 0.25) is 5.35 Å². The van der Waals surface area contributed by atoms with Crippen molar-refractivity contribution in [1.29, 1.82) is 0 Å². The Labute approximate surface area is 685 Å². The molecule has 0 radical (unpaired) electrons. The van der Waals surface area contributed by atoms with Gasteiger partial charge in [0.05, 0.1) is 31.8 Å². The number of nitrogens with two attached hydrogens (primary N) is 1. The van der Waals surface area contributed by atoms with E-state index in [9.17, 15) is 27.1 Å². The predicted molar refractivity (Wildman–Crippen MR) is 453 cm³/mol. The number of hydrogen-bond donors (Lipinski definition) is 5. The van der Waals surface area contributed by atoms with E-state index in [1.54, 1.807) is 114 Å². The molecule has 10 aromatic carbocycles. The summed E-state index contributed by atoms with van der Waals surface area (Å²) in [5.41, 5.74) is 17.9. The highest BCUT2D eigenvalue weighted by Crippen LogP contribution is 2.31. The van der Waals surface area contributed by atoms with Crippen molar-refractivity contribution >= 4 is 107 Å². The quantitative estimate of drug-likeness (QED) is 0.0351. The smallest absolute Gasteiger partial charge is 0.407 e. The number of phenols is 1. The van der Waals surface area contributed by atoms with Crippen molar-refractivity contribution in [3.8, 4) is 28.7 Å². The first kappa shape index (κ1) is 86.9. The summed E-state index contributed by atoms with van der Waals surface area (Å²) < 4.78 is 110. The number of carbonyl (C=O) groups is 1. The largest absolute Gasteiger partial charge is 0.508 e. The fourth-order valence-corrected chi connectivity index (χ4v) is 11.5. The van der Waals surface area contributed by atoms with Crippen LogP contribution >= 0.6 is 11.6 Å². The number of nitrogens with zero attached hydrogens (tertiary/aromatic N) is 8. The Morgan fingerprint density at radius 1 is 0.508 bits per heavy atom. The highest BCUT2D eigenvalue weighted by atomic mass is 35.5. The predicted octanol–water partition coefficient (Wildman–Crippen LogP) is 19.2. The molecule has 5 heterocycles. The molecule has 1 amide bonds. The molecular weight excluding hydrogens is 1560 g/mol. The van der Waals surface area contributed by atoms with Gasteiger partial charge < -0.3 is 81.9 Å². The molecular formula is C88H90ClF2N11O15S. The lowest BCUT2D eigenvalue weighted by Crippen LogP contribution is -2.34. The second kappa shape index (κ2) is 42.2. The van der Waals surface area contributed by atoms with Gasteiger partial charge in [-0.15, -0.1) is 0 Å². The highest BCUT2D eigenvalue weighted by Gasteiger charge is 2.19. The van der Waals surface area contributed by atoms with Crippen LogP contribution in [-0.2, 0) is 41.0 Å². The third-order valence-corrected chi connectivity index (χ3v) is 17.9. The van der Waals surface area contributed by atoms with Crippen LogP contribution in [0.5, 0.6) is 28.7 Å². The topological polar surface area (TPSA) is 328 Å². The van der Waals surface area contributed by atoms with Crippen molar-refractivity contribution in [3.63, 3.8) is 0 Å². The minimum atomic E-state index is -4.02. The standard InChI is InChI=1S/C24H28FN3O4.C19H20FN3O2.2C15H14N2O2.C8H6ClNO2.C7H8O3S/c1-24(2,3)32-23(29)26-14-18(13-25)16-30-19-10-11-20-21(12-19)31-22(27-20)28(4)15-17-8-6-5-7-9-17;1-23(12-14-5-3-2-4-6-14)19-22-17-8-7-16(9-18(17)25-19)24-13-15(10-20)11-21;1-17(10-11-5-3-2-4-6-11)15-16-13-8-7-12(18)9-14(13)19-15;1-18-12-7-8-13-14(9-12)19-15(17-13)16-10-11-5-3-2-4-6-11;1-11-5-2-3-6-7(4-5)12-8(9)10-6;1-6-2-4-7(5-3-6)11(8,9)10/h5-13H,14-16H2,1-4H3,(H,26,29);2-10H,11-13,21H2,1H3;2-9,18H,10H2,1H3;2-9H,10H2,1H3,(H,16,17);2-4H,1H3;2-5H,1H3,(H,8,9,10)/b18-13+;15-10+;;;;. The monoisotopic (exact) mass is 1650 g/mol. The van der Waals surface area contributed by atoms with E-state index in [0.717, 1.165) is 56.8 Å². The summed E-state index contributed by atoms with van der Waals surface area (Å²) in [5.74, 6) is 2.76. The number of amides is 1. The summed E-state index contributed by atoms with van der Waals surface area (Å²) in [6, 6.07) is 74.9. The van der Waals surface area contributed by atoms with Crippen LogP contribution in [-0.4, -0.2) is 116 Å². The van der Waals surface area contributed by atoms with Crippen LogP contribution < -0.4 is 50.0 Å². The molecule has 0 saturated heterocycles. The first-order valence-corrected chi connectivity index (χ1v) is 38.6. The molecule has 0 fully saturated rings. The molecule has 0 aliphatic heterocycles. The zero-order chi connectivity index (χ0) is 84.1. The van der Waals surface area contributed by atoms with E-state index in [2.05, 4.69) is 72.0 Å². The first-order chi connectivity index (χ1) is 56.8. The molecule has 118 heavy (non-hydrogen) atoms. The Morgan fingerprint density at radius 2 is 0.890 bits per heavy atom. The number of oxazole rings is 5. The van der Waals surface area contributed by atoms with Crippen LogP contribution in [0, 0.1) is 6.92 Å². The van der Waals surface area contributed by atoms with Gasteiger partial charge in [0.15, 0.2) is 27.9 Å². The molecule has 5 aromatic heterocycles. The zero-order valence-corrected chi connectivity index (χ0v) is 67.8. The Hall–Kier alpha value is -13.5. The van der Waals surface area contributed by atoms with Crippen LogP contribution in [0.15, 0.2) is 287 Å². The normalized spacial score (nSPS) is 11.3. The van der Waals surface area contributed by atoms with Gasteiger partial charge in [-0.25, -0.2) is 13.6 Å². The molecule has 6 N–H and O–H groups in total. The lowest BCUT2D eigenvalue weighted by Gasteiger charge is -2.20. The van der Waals surface area contributed by atoms with Gasteiger partial charge in [-0.05, 0) is 134 Å². The average Bonchev–Trinajstić information content (AvgIpc) is 1.69. The molecule has 0 bridgehead atoms. The number of alkyl carbamates (subject to hydrolysis) is 1. The maximum atomic E-state index is 13.2. The number of halogens is 3. The van der Waals surface area contributed by atoms with Gasteiger partial charge in [-0.2, -0.15) is 33.3 Å². The second-order valence-corrected chi connectivity index (χ2v) is 29.1. The second-order valence-electron chi connectivity index (χ2n) is 27.4. The number of methoxy groups -OCH3 is 2. The van der Waals surface area contributed by atoms with E-state index in [0.29, 0.717) is 101 Å². The number of anilines is 4. The number of nitrogens with one attached hydrogen (secondary N) is 2. The molecule has 0 saturated carbocycles. The lowest BCUT2D eigenvalue weighted by molar-refractivity contribution is 0.0531. The first-order valence-electron chi connectivity index (χ1n) is 36.8. The number of carbonyl (C=O) groups excluding carboxylic acids is 1. The van der Waals surface area contributed by atoms with Gasteiger partial charge in [-0.3, -0.25) is 4.55 Å². The van der Waals surface area contributed by atoms with Crippen LogP contribution in [0.25, 0.3) is 55.5 Å². The van der Waals surface area contributed by atoms with Crippen molar-refractivity contribution in [3.05, 3.63) is 294 Å². The van der Waals surface area contributed by atoms with Crippen molar-refractivity contribution in [2.75, 3.05) is 81.7 Å². The van der Waals surface area contributed by atoms with Crippen molar-refractivity contribution < 1.29 is 77.4 Å². The Balaban J connectivity index is 0.000000154. The maximum Gasteiger partial charge on any atom is 0.407 e. The Kier molecular flexibility index (Phi) is 31.1. The van der Waals surface area contributed by atoms with Crippen LogP contribution in [0.3, 0.4) is 0 Å². The number of phenolic OH excluding ortho intramolecular Hbond substituents is 1. The fourth-order valence-electron chi connectivity index (χ4n) is 10.8. The van der Waals surface area contributed by atoms with E-state index in [4.69, 9.17) is 67.7 Å². The van der Waals surface area contributed by atoms with Gasteiger partial charge in [-0.1, -0.05) is 139 Å². The van der Waals surface area contributed by atoms with E-state index >= 15 is 0 Å². The molecule has 0 atom stereocenters. The van der Waals surface area contributed by atoms with Gasteiger partial charge in [0.25, 0.3) is 39.5 Å². The fraction of sp³-hybridized carbons (Fsp3) is 0.205. The van der Waals surface area contributed by atoms with E-state index in [1.165, 1.54) is 28.8 Å². The van der Waals surface area contributed by atoms with E-state index in [-0.39, 0.29) is 47.9 Å². The molecule has 0 unspecified atom stereocenters. The SMILES string of the molecule is CN(Cc1ccccc1)c1nc2ccc(O)cc2o1.CN(Cc1ccccc1)c1nc2ccc(OC/C(=C/F)CN)cc2o1.CN(Cc1ccccc1)c1nc2ccc(OC/C(=C/F)CNC(=O)OC(C)(C)C)cc2o1.COc1ccc2nc(Cl)oc2c1.COc1ccc2nc(NCc3ccccc3)oc2c1.Cc1ccc(S(=O)(=O)O)cc1. The Bertz CT molecular complexity index is 5870. The molecule has 15 rings (SSSR count). The van der Waals surface area contributed by atoms with Gasteiger partial charge in [0.2, 0.25) is 0 Å².